The van der Waals surface area contributed by atoms with Crippen LogP contribution in [-0.2, 0) is 11.7 Å². The lowest BCUT2D eigenvalue weighted by atomic mass is 9.94. The van der Waals surface area contributed by atoms with Gasteiger partial charge in [-0.1, -0.05) is 42.5 Å². The van der Waals surface area contributed by atoms with Gasteiger partial charge in [0.05, 0.1) is 5.56 Å². The van der Waals surface area contributed by atoms with E-state index in [0.717, 1.165) is 12.8 Å². The van der Waals surface area contributed by atoms with Crippen LogP contribution in [0.5, 0.6) is 0 Å². The Balaban J connectivity index is 2.15. The molecule has 0 heterocycles. The number of nitrogens with two attached hydrogens (primary N) is 1. The number of benzene rings is 2. The van der Waals surface area contributed by atoms with Crippen molar-refractivity contribution >= 4 is 0 Å². The molecule has 0 aliphatic heterocycles. The normalized spacial score (nSPS) is 17.0. The molecule has 2 aromatic rings. The Kier molecular flexibility index (Phi) is 2.87. The lowest BCUT2D eigenvalue weighted by Crippen LogP contribution is -2.20. The van der Waals surface area contributed by atoms with Crippen molar-refractivity contribution in [2.75, 3.05) is 0 Å². The van der Waals surface area contributed by atoms with Gasteiger partial charge >= 0.3 is 6.18 Å². The first kappa shape index (κ1) is 13.2. The van der Waals surface area contributed by atoms with E-state index in [4.69, 9.17) is 5.73 Å². The van der Waals surface area contributed by atoms with E-state index < -0.39 is 17.3 Å². The fraction of sp³-hybridized carbons (Fsp3) is 0.250. The third-order valence-electron chi connectivity index (χ3n) is 3.77. The summed E-state index contributed by atoms with van der Waals surface area (Å²) in [5.74, 6) is 0. The van der Waals surface area contributed by atoms with Crippen molar-refractivity contribution in [3.63, 3.8) is 0 Å². The average Bonchev–Trinajstić information content (AvgIpc) is 3.17. The first-order chi connectivity index (χ1) is 9.40. The van der Waals surface area contributed by atoms with Crippen LogP contribution in [-0.4, -0.2) is 0 Å². The number of rotatable bonds is 2. The fourth-order valence-corrected chi connectivity index (χ4v) is 2.38. The van der Waals surface area contributed by atoms with Crippen LogP contribution in [0.4, 0.5) is 13.2 Å². The molecular weight excluding hydrogens is 263 g/mol. The molecule has 0 atom stereocenters. The molecule has 4 heteroatoms. The van der Waals surface area contributed by atoms with Crippen LogP contribution in [0.25, 0.3) is 11.1 Å². The van der Waals surface area contributed by atoms with E-state index in [1.807, 2.05) is 0 Å². The minimum Gasteiger partial charge on any atom is -0.321 e. The van der Waals surface area contributed by atoms with Gasteiger partial charge < -0.3 is 5.73 Å². The van der Waals surface area contributed by atoms with E-state index in [0.29, 0.717) is 11.1 Å². The zero-order valence-electron chi connectivity index (χ0n) is 10.7. The molecular formula is C16H14F3N. The van der Waals surface area contributed by atoms with Crippen molar-refractivity contribution in [1.82, 2.24) is 0 Å². The van der Waals surface area contributed by atoms with Gasteiger partial charge in [0.1, 0.15) is 0 Å². The average molecular weight is 277 g/mol. The second-order valence-electron chi connectivity index (χ2n) is 5.28. The van der Waals surface area contributed by atoms with Gasteiger partial charge in [0, 0.05) is 5.54 Å². The summed E-state index contributed by atoms with van der Waals surface area (Å²) in [7, 11) is 0. The second-order valence-corrected chi connectivity index (χ2v) is 5.28. The van der Waals surface area contributed by atoms with Crippen molar-refractivity contribution in [2.24, 2.45) is 5.73 Å². The van der Waals surface area contributed by atoms with Gasteiger partial charge in [0.15, 0.2) is 0 Å². The van der Waals surface area contributed by atoms with Gasteiger partial charge in [-0.2, -0.15) is 13.2 Å². The molecule has 1 aliphatic rings. The van der Waals surface area contributed by atoms with Gasteiger partial charge in [0.2, 0.25) is 0 Å². The maximum absolute atomic E-state index is 13.3. The maximum atomic E-state index is 13.3. The molecule has 0 bridgehead atoms. The quantitative estimate of drug-likeness (QED) is 0.869. The predicted molar refractivity (Wildman–Crippen MR) is 72.0 cm³/mol. The van der Waals surface area contributed by atoms with Gasteiger partial charge in [-0.15, -0.1) is 0 Å². The van der Waals surface area contributed by atoms with E-state index in [1.54, 1.807) is 36.4 Å². The molecule has 2 N–H and O–H groups in total. The second kappa shape index (κ2) is 4.35. The van der Waals surface area contributed by atoms with E-state index in [2.05, 4.69) is 0 Å². The van der Waals surface area contributed by atoms with Crippen molar-refractivity contribution in [3.05, 3.63) is 59.7 Å². The number of halogens is 3. The Morgan fingerprint density at radius 2 is 1.60 bits per heavy atom. The number of hydrogen-bond donors (Lipinski definition) is 1. The minimum absolute atomic E-state index is 0.200. The third kappa shape index (κ3) is 2.31. The molecule has 0 spiro atoms. The minimum atomic E-state index is -4.38. The Morgan fingerprint density at radius 3 is 2.15 bits per heavy atom. The first-order valence-corrected chi connectivity index (χ1v) is 6.46. The predicted octanol–water partition coefficient (Wildman–Crippen LogP) is 4.32. The molecule has 0 saturated heterocycles. The van der Waals surface area contributed by atoms with Crippen LogP contribution < -0.4 is 5.73 Å². The fourth-order valence-electron chi connectivity index (χ4n) is 2.38. The molecule has 0 unspecified atom stereocenters. The van der Waals surface area contributed by atoms with E-state index in [1.165, 1.54) is 12.1 Å². The van der Waals surface area contributed by atoms with Crippen LogP contribution in [0.15, 0.2) is 48.5 Å². The van der Waals surface area contributed by atoms with Gasteiger partial charge in [0.25, 0.3) is 0 Å². The molecule has 0 radical (unpaired) electrons. The van der Waals surface area contributed by atoms with Gasteiger partial charge in [-0.25, -0.2) is 0 Å². The lowest BCUT2D eigenvalue weighted by molar-refractivity contribution is -0.137. The van der Waals surface area contributed by atoms with Crippen molar-refractivity contribution < 1.29 is 13.2 Å². The first-order valence-electron chi connectivity index (χ1n) is 6.46. The zero-order valence-corrected chi connectivity index (χ0v) is 10.7. The summed E-state index contributed by atoms with van der Waals surface area (Å²) < 4.78 is 39.8. The third-order valence-corrected chi connectivity index (χ3v) is 3.77. The summed E-state index contributed by atoms with van der Waals surface area (Å²) in [5, 5.41) is 0. The summed E-state index contributed by atoms with van der Waals surface area (Å²) in [5.41, 5.74) is 6.17. The maximum Gasteiger partial charge on any atom is 0.417 e. The molecule has 0 amide bonds. The van der Waals surface area contributed by atoms with Crippen molar-refractivity contribution in [2.45, 2.75) is 24.6 Å². The highest BCUT2D eigenvalue weighted by atomic mass is 19.4. The van der Waals surface area contributed by atoms with Crippen LogP contribution in [0, 0.1) is 0 Å². The van der Waals surface area contributed by atoms with E-state index in [-0.39, 0.29) is 5.56 Å². The monoisotopic (exact) mass is 277 g/mol. The summed E-state index contributed by atoms with van der Waals surface area (Å²) in [4.78, 5) is 0. The van der Waals surface area contributed by atoms with Gasteiger partial charge in [-0.05, 0) is 35.6 Å². The lowest BCUT2D eigenvalue weighted by Gasteiger charge is -2.17. The standard InChI is InChI=1S/C16H14F3N/c17-16(18,19)14-10-12(15(20)8-9-15)6-7-13(14)11-4-2-1-3-5-11/h1-7,10H,8-9,20H2. The highest BCUT2D eigenvalue weighted by molar-refractivity contribution is 5.69. The summed E-state index contributed by atoms with van der Waals surface area (Å²) in [6.45, 7) is 0. The molecule has 104 valence electrons. The van der Waals surface area contributed by atoms with Crippen LogP contribution in [0.2, 0.25) is 0 Å². The molecule has 1 fully saturated rings. The molecule has 3 rings (SSSR count). The van der Waals surface area contributed by atoms with E-state index in [9.17, 15) is 13.2 Å². The van der Waals surface area contributed by atoms with Crippen LogP contribution in [0.1, 0.15) is 24.0 Å². The summed E-state index contributed by atoms with van der Waals surface area (Å²) in [6.07, 6.45) is -2.89. The molecule has 0 aromatic heterocycles. The Bertz CT molecular complexity index is 628. The van der Waals surface area contributed by atoms with E-state index >= 15 is 0 Å². The molecule has 1 saturated carbocycles. The van der Waals surface area contributed by atoms with Crippen molar-refractivity contribution in [3.8, 4) is 11.1 Å². The Morgan fingerprint density at radius 1 is 0.950 bits per heavy atom. The largest absolute Gasteiger partial charge is 0.417 e. The Hall–Kier alpha value is -1.81. The summed E-state index contributed by atoms with van der Waals surface area (Å²) >= 11 is 0. The smallest absolute Gasteiger partial charge is 0.321 e. The summed E-state index contributed by atoms with van der Waals surface area (Å²) in [6, 6.07) is 13.0. The highest BCUT2D eigenvalue weighted by Gasteiger charge is 2.42. The highest BCUT2D eigenvalue weighted by Crippen LogP contribution is 2.46. The molecule has 20 heavy (non-hydrogen) atoms. The molecule has 1 nitrogen and oxygen atoms in total. The van der Waals surface area contributed by atoms with Crippen LogP contribution >= 0.6 is 0 Å². The zero-order chi connectivity index (χ0) is 14.4. The van der Waals surface area contributed by atoms with Gasteiger partial charge in [-0.3, -0.25) is 0 Å². The SMILES string of the molecule is NC1(c2ccc(-c3ccccc3)c(C(F)(F)F)c2)CC1. The number of hydrogen-bond acceptors (Lipinski definition) is 1. The topological polar surface area (TPSA) is 26.0 Å². The van der Waals surface area contributed by atoms with Crippen LogP contribution in [0.3, 0.4) is 0 Å². The molecule has 2 aromatic carbocycles. The number of alkyl halides is 3. The Labute approximate surface area is 115 Å². The molecule has 1 aliphatic carbocycles. The van der Waals surface area contributed by atoms with Crippen molar-refractivity contribution in [1.29, 1.82) is 0 Å².